The summed E-state index contributed by atoms with van der Waals surface area (Å²) < 4.78 is 9.44. The van der Waals surface area contributed by atoms with E-state index in [9.17, 15) is 9.90 Å². The van der Waals surface area contributed by atoms with Gasteiger partial charge in [-0.3, -0.25) is 0 Å². The maximum absolute atomic E-state index is 10.8. The van der Waals surface area contributed by atoms with Crippen molar-refractivity contribution >= 4 is 12.0 Å². The number of carbonyl (C=O) groups is 1. The van der Waals surface area contributed by atoms with Crippen LogP contribution in [0.15, 0.2) is 28.9 Å². The largest absolute Gasteiger partial charge is 0.465 e. The van der Waals surface area contributed by atoms with Gasteiger partial charge >= 0.3 is 5.97 Å². The highest BCUT2D eigenvalue weighted by Gasteiger charge is 1.96. The molecule has 4 nitrogen and oxygen atoms in total. The van der Waals surface area contributed by atoms with Crippen molar-refractivity contribution in [2.45, 2.75) is 0 Å². The van der Waals surface area contributed by atoms with Gasteiger partial charge in [-0.25, -0.2) is 9.90 Å². The van der Waals surface area contributed by atoms with E-state index in [0.29, 0.717) is 5.76 Å². The first-order chi connectivity index (χ1) is 6.33. The Hall–Kier alpha value is -1.55. The Morgan fingerprint density at radius 3 is 3.08 bits per heavy atom. The molecule has 0 amide bonds. The summed E-state index contributed by atoms with van der Waals surface area (Å²) in [6.45, 7) is -0.512. The molecular weight excluding hydrogens is 172 g/mol. The van der Waals surface area contributed by atoms with Gasteiger partial charge in [-0.1, -0.05) is 0 Å². The Morgan fingerprint density at radius 2 is 2.46 bits per heavy atom. The minimum Gasteiger partial charge on any atom is -0.465 e. The summed E-state index contributed by atoms with van der Waals surface area (Å²) in [4.78, 5) is 10.8. The van der Waals surface area contributed by atoms with E-state index in [-0.39, 0.29) is 6.61 Å². The molecule has 4 heteroatoms. The monoisotopic (exact) mass is 181 g/mol. The SMILES string of the molecule is [O]CCOC(=O)C=Cc1ccco1. The average molecular weight is 181 g/mol. The smallest absolute Gasteiger partial charge is 0.330 e. The van der Waals surface area contributed by atoms with E-state index in [1.807, 2.05) is 0 Å². The zero-order chi connectivity index (χ0) is 9.52. The lowest BCUT2D eigenvalue weighted by Crippen LogP contribution is -2.04. The Morgan fingerprint density at radius 1 is 1.62 bits per heavy atom. The topological polar surface area (TPSA) is 59.3 Å². The van der Waals surface area contributed by atoms with Crippen LogP contribution in [0.25, 0.3) is 6.08 Å². The first-order valence-corrected chi connectivity index (χ1v) is 3.79. The molecule has 0 saturated heterocycles. The lowest BCUT2D eigenvalue weighted by atomic mass is 10.4. The molecule has 0 bridgehead atoms. The molecule has 1 aromatic heterocycles. The molecule has 1 heterocycles. The van der Waals surface area contributed by atoms with Crippen LogP contribution in [0.1, 0.15) is 5.76 Å². The zero-order valence-corrected chi connectivity index (χ0v) is 6.93. The van der Waals surface area contributed by atoms with Crippen LogP contribution in [0.2, 0.25) is 0 Å². The van der Waals surface area contributed by atoms with Crippen LogP contribution in [0.4, 0.5) is 0 Å². The maximum Gasteiger partial charge on any atom is 0.330 e. The van der Waals surface area contributed by atoms with Gasteiger partial charge in [-0.15, -0.1) is 0 Å². The quantitative estimate of drug-likeness (QED) is 0.519. The number of hydrogen-bond acceptors (Lipinski definition) is 3. The molecule has 0 aliphatic rings. The highest BCUT2D eigenvalue weighted by molar-refractivity contribution is 5.86. The number of carbonyl (C=O) groups excluding carboxylic acids is 1. The normalized spacial score (nSPS) is 10.5. The van der Waals surface area contributed by atoms with Gasteiger partial charge in [0.05, 0.1) is 6.26 Å². The van der Waals surface area contributed by atoms with Crippen LogP contribution >= 0.6 is 0 Å². The number of hydrogen-bond donors (Lipinski definition) is 0. The van der Waals surface area contributed by atoms with Gasteiger partial charge in [0.15, 0.2) is 0 Å². The van der Waals surface area contributed by atoms with Crippen molar-refractivity contribution in [2.75, 3.05) is 13.2 Å². The summed E-state index contributed by atoms with van der Waals surface area (Å²) in [6.07, 6.45) is 4.20. The van der Waals surface area contributed by atoms with Crippen LogP contribution in [-0.2, 0) is 14.6 Å². The number of furan rings is 1. The van der Waals surface area contributed by atoms with Gasteiger partial charge in [0, 0.05) is 6.08 Å². The van der Waals surface area contributed by atoms with E-state index >= 15 is 0 Å². The molecule has 1 rings (SSSR count). The summed E-state index contributed by atoms with van der Waals surface area (Å²) >= 11 is 0. The molecular formula is C9H9O4. The third kappa shape index (κ3) is 3.57. The van der Waals surface area contributed by atoms with Gasteiger partial charge in [0.25, 0.3) is 0 Å². The van der Waals surface area contributed by atoms with Crippen LogP contribution in [0.5, 0.6) is 0 Å². The van der Waals surface area contributed by atoms with Crippen molar-refractivity contribution in [2.24, 2.45) is 0 Å². The molecule has 13 heavy (non-hydrogen) atoms. The van der Waals surface area contributed by atoms with E-state index in [0.717, 1.165) is 0 Å². The van der Waals surface area contributed by atoms with Crippen molar-refractivity contribution in [3.8, 4) is 0 Å². The van der Waals surface area contributed by atoms with Gasteiger partial charge < -0.3 is 9.15 Å². The highest BCUT2D eigenvalue weighted by Crippen LogP contribution is 2.01. The second kappa shape index (κ2) is 5.16. The molecule has 0 saturated carbocycles. The Labute approximate surface area is 75.4 Å². The summed E-state index contributed by atoms with van der Waals surface area (Å²) in [5.41, 5.74) is 0. The third-order valence-corrected chi connectivity index (χ3v) is 1.25. The molecule has 0 fully saturated rings. The summed E-state index contributed by atoms with van der Waals surface area (Å²) in [7, 11) is 0. The predicted octanol–water partition coefficient (Wildman–Crippen LogP) is 1.27. The van der Waals surface area contributed by atoms with Crippen LogP contribution in [-0.4, -0.2) is 19.2 Å². The Balaban J connectivity index is 2.35. The minimum atomic E-state index is -0.535. The van der Waals surface area contributed by atoms with Crippen molar-refractivity contribution in [3.05, 3.63) is 30.2 Å². The number of rotatable bonds is 4. The van der Waals surface area contributed by atoms with E-state index in [4.69, 9.17) is 4.42 Å². The molecule has 0 atom stereocenters. The Kier molecular flexibility index (Phi) is 3.78. The molecule has 0 aromatic carbocycles. The molecule has 0 aliphatic heterocycles. The fourth-order valence-electron chi connectivity index (χ4n) is 0.727. The van der Waals surface area contributed by atoms with E-state index in [2.05, 4.69) is 4.74 Å². The van der Waals surface area contributed by atoms with Crippen LogP contribution in [0.3, 0.4) is 0 Å². The van der Waals surface area contributed by atoms with Gasteiger partial charge in [0.2, 0.25) is 0 Å². The Bertz CT molecular complexity index is 274. The summed E-state index contributed by atoms with van der Waals surface area (Å²) in [6, 6.07) is 3.42. The molecule has 0 spiro atoms. The van der Waals surface area contributed by atoms with E-state index in [1.54, 1.807) is 12.1 Å². The molecule has 0 N–H and O–H groups in total. The van der Waals surface area contributed by atoms with Gasteiger partial charge in [0.1, 0.15) is 19.0 Å². The molecule has 69 valence electrons. The fourth-order valence-corrected chi connectivity index (χ4v) is 0.727. The molecule has 0 unspecified atom stereocenters. The minimum absolute atomic E-state index is 0.0959. The summed E-state index contributed by atoms with van der Waals surface area (Å²) in [5, 5.41) is 9.95. The standard InChI is InChI=1S/C9H9O4/c10-5-7-13-9(11)4-3-8-2-1-6-12-8/h1-4,6H,5,7H2. The average Bonchev–Trinajstić information content (AvgIpc) is 2.64. The fraction of sp³-hybridized carbons (Fsp3) is 0.222. The van der Waals surface area contributed by atoms with Crippen molar-refractivity contribution < 1.29 is 19.1 Å². The molecule has 1 radical (unpaired) electrons. The number of esters is 1. The second-order valence-electron chi connectivity index (χ2n) is 2.22. The number of ether oxygens (including phenoxy) is 1. The molecule has 0 aliphatic carbocycles. The zero-order valence-electron chi connectivity index (χ0n) is 6.93. The van der Waals surface area contributed by atoms with E-state index < -0.39 is 12.6 Å². The highest BCUT2D eigenvalue weighted by atomic mass is 16.5. The summed E-state index contributed by atoms with van der Waals surface area (Å²) in [5.74, 6) is 0.0336. The van der Waals surface area contributed by atoms with Crippen molar-refractivity contribution in [1.29, 1.82) is 0 Å². The van der Waals surface area contributed by atoms with Crippen LogP contribution < -0.4 is 0 Å². The van der Waals surface area contributed by atoms with Gasteiger partial charge in [-0.05, 0) is 18.2 Å². The first-order valence-electron chi connectivity index (χ1n) is 3.79. The van der Waals surface area contributed by atoms with Crippen molar-refractivity contribution in [1.82, 2.24) is 0 Å². The third-order valence-electron chi connectivity index (χ3n) is 1.25. The second-order valence-corrected chi connectivity index (χ2v) is 2.22. The van der Waals surface area contributed by atoms with E-state index in [1.165, 1.54) is 18.4 Å². The van der Waals surface area contributed by atoms with Crippen molar-refractivity contribution in [3.63, 3.8) is 0 Å². The lowest BCUT2D eigenvalue weighted by Gasteiger charge is -1.94. The lowest BCUT2D eigenvalue weighted by molar-refractivity contribution is -0.139. The maximum atomic E-state index is 10.8. The predicted molar refractivity (Wildman–Crippen MR) is 44.3 cm³/mol. The first kappa shape index (κ1) is 9.54. The van der Waals surface area contributed by atoms with Crippen LogP contribution in [0, 0.1) is 0 Å². The molecule has 1 aromatic rings. The van der Waals surface area contributed by atoms with Gasteiger partial charge in [-0.2, -0.15) is 0 Å².